The number of nitrogens with one attached hydrogen (secondary N) is 1. The molecule has 0 fully saturated rings. The number of carbonyl (C=O) groups excluding carboxylic acids is 1. The second kappa shape index (κ2) is 5.26. The first-order chi connectivity index (χ1) is 9.38. The summed E-state index contributed by atoms with van der Waals surface area (Å²) >= 11 is 0. The molecule has 1 heterocycles. The van der Waals surface area contributed by atoms with Gasteiger partial charge in [0.05, 0.1) is 11.9 Å². The zero-order valence-electron chi connectivity index (χ0n) is 11.3. The third kappa shape index (κ3) is 3.10. The summed E-state index contributed by atoms with van der Waals surface area (Å²) in [7, 11) is 0. The number of nitrogens with zero attached hydrogens (tertiary/aromatic N) is 2. The van der Waals surface area contributed by atoms with Crippen molar-refractivity contribution in [1.82, 2.24) is 9.97 Å². The lowest BCUT2D eigenvalue weighted by Crippen LogP contribution is -2.23. The molecule has 104 valence electrons. The first-order valence-corrected chi connectivity index (χ1v) is 6.09. The summed E-state index contributed by atoms with van der Waals surface area (Å²) < 4.78 is 0. The topological polar surface area (TPSA) is 101 Å². The average Bonchev–Trinajstić information content (AvgIpc) is 2.39. The van der Waals surface area contributed by atoms with Crippen molar-refractivity contribution >= 4 is 17.4 Å². The van der Waals surface area contributed by atoms with Crippen LogP contribution in [0.1, 0.15) is 30.0 Å². The molecule has 0 unspecified atom stereocenters. The summed E-state index contributed by atoms with van der Waals surface area (Å²) in [5.41, 5.74) is 5.39. The van der Waals surface area contributed by atoms with Gasteiger partial charge in [-0.05, 0) is 26.0 Å². The molecule has 0 saturated carbocycles. The Balaban J connectivity index is 2.30. The maximum absolute atomic E-state index is 12.1. The molecule has 0 aliphatic carbocycles. The van der Waals surface area contributed by atoms with Gasteiger partial charge in [-0.3, -0.25) is 4.79 Å². The van der Waals surface area contributed by atoms with Gasteiger partial charge in [-0.2, -0.15) is 0 Å². The lowest BCUT2D eigenvalue weighted by molar-refractivity contribution is 0.0731. The van der Waals surface area contributed by atoms with Gasteiger partial charge in [-0.15, -0.1) is 0 Å². The Labute approximate surface area is 116 Å². The van der Waals surface area contributed by atoms with Gasteiger partial charge >= 0.3 is 0 Å². The van der Waals surface area contributed by atoms with E-state index in [1.54, 1.807) is 38.1 Å². The maximum atomic E-state index is 12.1. The average molecular weight is 272 g/mol. The Morgan fingerprint density at radius 3 is 2.55 bits per heavy atom. The molecule has 0 aliphatic rings. The molecule has 0 atom stereocenters. The standard InChI is InChI=1S/C14H16N4O2/c1-14(2,20)10-8-16-12(15)11(18-10)13(19)17-9-6-4-3-5-7-9/h3-8,20H,1-2H3,(H2,15,16)(H,17,19). The Bertz CT molecular complexity index is 621. The normalized spacial score (nSPS) is 11.2. The number of anilines is 2. The van der Waals surface area contributed by atoms with Crippen molar-refractivity contribution in [2.24, 2.45) is 0 Å². The number of amides is 1. The first-order valence-electron chi connectivity index (χ1n) is 6.09. The molecule has 20 heavy (non-hydrogen) atoms. The second-order valence-electron chi connectivity index (χ2n) is 4.87. The molecule has 0 saturated heterocycles. The van der Waals surface area contributed by atoms with E-state index < -0.39 is 11.5 Å². The highest BCUT2D eigenvalue weighted by Gasteiger charge is 2.22. The Morgan fingerprint density at radius 2 is 1.95 bits per heavy atom. The first kappa shape index (κ1) is 14.0. The zero-order valence-corrected chi connectivity index (χ0v) is 11.3. The van der Waals surface area contributed by atoms with Gasteiger partial charge in [-0.1, -0.05) is 18.2 Å². The van der Waals surface area contributed by atoms with Crippen LogP contribution in [0.4, 0.5) is 11.5 Å². The number of benzene rings is 1. The number of rotatable bonds is 3. The SMILES string of the molecule is CC(C)(O)c1cnc(N)c(C(=O)Nc2ccccc2)n1. The summed E-state index contributed by atoms with van der Waals surface area (Å²) in [4.78, 5) is 20.1. The molecule has 1 amide bonds. The molecule has 2 aromatic rings. The smallest absolute Gasteiger partial charge is 0.278 e. The molecule has 0 bridgehead atoms. The van der Waals surface area contributed by atoms with Crippen LogP contribution in [0.15, 0.2) is 36.5 Å². The van der Waals surface area contributed by atoms with Crippen molar-refractivity contribution in [3.8, 4) is 0 Å². The highest BCUT2D eigenvalue weighted by molar-refractivity contribution is 6.05. The predicted octanol–water partition coefficient (Wildman–Crippen LogP) is 1.54. The van der Waals surface area contributed by atoms with Crippen molar-refractivity contribution in [1.29, 1.82) is 0 Å². The van der Waals surface area contributed by atoms with Crippen LogP contribution in [0.25, 0.3) is 0 Å². The molecule has 1 aromatic carbocycles. The number of aliphatic hydroxyl groups is 1. The van der Waals surface area contributed by atoms with Gasteiger partial charge < -0.3 is 16.2 Å². The largest absolute Gasteiger partial charge is 0.384 e. The summed E-state index contributed by atoms with van der Waals surface area (Å²) in [6.07, 6.45) is 1.36. The van der Waals surface area contributed by atoms with E-state index >= 15 is 0 Å². The molecule has 0 aliphatic heterocycles. The van der Waals surface area contributed by atoms with Crippen molar-refractivity contribution in [2.45, 2.75) is 19.4 Å². The predicted molar refractivity (Wildman–Crippen MR) is 76.1 cm³/mol. The van der Waals surface area contributed by atoms with Crippen LogP contribution in [0, 0.1) is 0 Å². The summed E-state index contributed by atoms with van der Waals surface area (Å²) in [6, 6.07) is 8.96. The van der Waals surface area contributed by atoms with E-state index in [1.165, 1.54) is 6.20 Å². The molecule has 0 spiro atoms. The van der Waals surface area contributed by atoms with E-state index in [4.69, 9.17) is 5.73 Å². The fourth-order valence-electron chi connectivity index (χ4n) is 1.57. The Hall–Kier alpha value is -2.47. The Morgan fingerprint density at radius 1 is 1.30 bits per heavy atom. The van der Waals surface area contributed by atoms with Crippen molar-refractivity contribution in [3.63, 3.8) is 0 Å². The van der Waals surface area contributed by atoms with E-state index in [-0.39, 0.29) is 17.2 Å². The summed E-state index contributed by atoms with van der Waals surface area (Å²) in [6.45, 7) is 3.12. The monoisotopic (exact) mass is 272 g/mol. The summed E-state index contributed by atoms with van der Waals surface area (Å²) in [5.74, 6) is -0.446. The van der Waals surface area contributed by atoms with E-state index in [0.717, 1.165) is 0 Å². The maximum Gasteiger partial charge on any atom is 0.278 e. The minimum atomic E-state index is -1.19. The summed E-state index contributed by atoms with van der Waals surface area (Å²) in [5, 5.41) is 12.6. The van der Waals surface area contributed by atoms with E-state index in [0.29, 0.717) is 5.69 Å². The lowest BCUT2D eigenvalue weighted by Gasteiger charge is -2.17. The van der Waals surface area contributed by atoms with Crippen LogP contribution in [-0.2, 0) is 5.60 Å². The van der Waals surface area contributed by atoms with Gasteiger partial charge in [0.2, 0.25) is 0 Å². The van der Waals surface area contributed by atoms with Crippen molar-refractivity contribution in [2.75, 3.05) is 11.1 Å². The van der Waals surface area contributed by atoms with Gasteiger partial charge in [0.1, 0.15) is 5.60 Å². The third-order valence-corrected chi connectivity index (χ3v) is 2.67. The molecule has 4 N–H and O–H groups in total. The highest BCUT2D eigenvalue weighted by Crippen LogP contribution is 2.19. The van der Waals surface area contributed by atoms with Crippen LogP contribution in [0.3, 0.4) is 0 Å². The number of carbonyl (C=O) groups is 1. The number of nitrogen functional groups attached to an aromatic ring is 1. The van der Waals surface area contributed by atoms with E-state index in [9.17, 15) is 9.90 Å². The number of hydrogen-bond acceptors (Lipinski definition) is 5. The molecule has 1 aromatic heterocycles. The molecular formula is C14H16N4O2. The van der Waals surface area contributed by atoms with Crippen LogP contribution >= 0.6 is 0 Å². The quantitative estimate of drug-likeness (QED) is 0.786. The van der Waals surface area contributed by atoms with Gasteiger partial charge in [-0.25, -0.2) is 9.97 Å². The van der Waals surface area contributed by atoms with Gasteiger partial charge in [0, 0.05) is 5.69 Å². The van der Waals surface area contributed by atoms with Crippen LogP contribution in [0.2, 0.25) is 0 Å². The van der Waals surface area contributed by atoms with Crippen molar-refractivity contribution < 1.29 is 9.90 Å². The molecular weight excluding hydrogens is 256 g/mol. The molecule has 6 nitrogen and oxygen atoms in total. The van der Waals surface area contributed by atoms with Crippen molar-refractivity contribution in [3.05, 3.63) is 47.9 Å². The van der Waals surface area contributed by atoms with E-state index in [2.05, 4.69) is 15.3 Å². The van der Waals surface area contributed by atoms with E-state index in [1.807, 2.05) is 6.07 Å². The zero-order chi connectivity index (χ0) is 14.8. The fourth-order valence-corrected chi connectivity index (χ4v) is 1.57. The van der Waals surface area contributed by atoms with Gasteiger partial charge in [0.15, 0.2) is 11.5 Å². The second-order valence-corrected chi connectivity index (χ2v) is 4.87. The van der Waals surface area contributed by atoms with Crippen LogP contribution < -0.4 is 11.1 Å². The number of hydrogen-bond donors (Lipinski definition) is 3. The van der Waals surface area contributed by atoms with Gasteiger partial charge in [0.25, 0.3) is 5.91 Å². The minimum Gasteiger partial charge on any atom is -0.384 e. The third-order valence-electron chi connectivity index (χ3n) is 2.67. The molecule has 6 heteroatoms. The fraction of sp³-hybridized carbons (Fsp3) is 0.214. The number of nitrogens with two attached hydrogens (primary N) is 1. The highest BCUT2D eigenvalue weighted by atomic mass is 16.3. The van der Waals surface area contributed by atoms with Crippen LogP contribution in [-0.4, -0.2) is 21.0 Å². The molecule has 0 radical (unpaired) electrons. The Kier molecular flexibility index (Phi) is 3.67. The number of para-hydroxylation sites is 1. The van der Waals surface area contributed by atoms with Crippen LogP contribution in [0.5, 0.6) is 0 Å². The lowest BCUT2D eigenvalue weighted by atomic mass is 10.1. The minimum absolute atomic E-state index is 0.00604. The number of aromatic nitrogens is 2. The molecule has 2 rings (SSSR count).